The van der Waals surface area contributed by atoms with E-state index in [-0.39, 0.29) is 24.0 Å². The Hall–Kier alpha value is -0.900. The predicted molar refractivity (Wildman–Crippen MR) is 107 cm³/mol. The molecule has 0 spiro atoms. The molecule has 0 saturated carbocycles. The minimum Gasteiger partial charge on any atom is -0.381 e. The van der Waals surface area contributed by atoms with E-state index in [2.05, 4.69) is 41.3 Å². The summed E-state index contributed by atoms with van der Waals surface area (Å²) < 4.78 is 7.45. The standard InChI is InChI=1S/C16H30N6O.HI/c1-4-17-16(18-12-15-20-19-13-22(15)5-2)21(3)9-6-14-7-10-23-11-8-14;/h13-14H,4-12H2,1-3H3,(H,17,18);1H. The van der Waals surface area contributed by atoms with E-state index >= 15 is 0 Å². The van der Waals surface area contributed by atoms with Gasteiger partial charge in [0, 0.05) is 39.9 Å². The number of hydrogen-bond acceptors (Lipinski definition) is 4. The normalized spacial score (nSPS) is 15.9. The van der Waals surface area contributed by atoms with Gasteiger partial charge in [-0.05, 0) is 39.0 Å². The molecular formula is C16H31IN6O. The molecule has 0 aliphatic carbocycles. The molecular weight excluding hydrogens is 419 g/mol. The zero-order chi connectivity index (χ0) is 16.5. The maximum absolute atomic E-state index is 5.43. The predicted octanol–water partition coefficient (Wildman–Crippen LogP) is 2.13. The van der Waals surface area contributed by atoms with Crippen LogP contribution < -0.4 is 5.32 Å². The van der Waals surface area contributed by atoms with Crippen molar-refractivity contribution in [2.24, 2.45) is 10.9 Å². The van der Waals surface area contributed by atoms with Crippen LogP contribution in [0.25, 0.3) is 0 Å². The van der Waals surface area contributed by atoms with Gasteiger partial charge < -0.3 is 19.5 Å². The number of hydrogen-bond donors (Lipinski definition) is 1. The summed E-state index contributed by atoms with van der Waals surface area (Å²) in [7, 11) is 2.10. The lowest BCUT2D eigenvalue weighted by Gasteiger charge is -2.26. The number of aryl methyl sites for hydroxylation is 1. The van der Waals surface area contributed by atoms with Gasteiger partial charge in [-0.1, -0.05) is 0 Å². The minimum absolute atomic E-state index is 0. The van der Waals surface area contributed by atoms with Gasteiger partial charge in [-0.15, -0.1) is 34.2 Å². The van der Waals surface area contributed by atoms with E-state index in [0.717, 1.165) is 50.5 Å². The summed E-state index contributed by atoms with van der Waals surface area (Å²) in [5, 5.41) is 11.5. The van der Waals surface area contributed by atoms with Crippen LogP contribution in [0.1, 0.15) is 38.9 Å². The lowest BCUT2D eigenvalue weighted by atomic mass is 9.96. The Kier molecular flexibility index (Phi) is 10.2. The SMILES string of the molecule is CCNC(=NCc1nncn1CC)N(C)CCC1CCOCC1.I. The molecule has 24 heavy (non-hydrogen) atoms. The Morgan fingerprint density at radius 2 is 2.17 bits per heavy atom. The van der Waals surface area contributed by atoms with Crippen LogP contribution in [0.5, 0.6) is 0 Å². The van der Waals surface area contributed by atoms with Gasteiger partial charge in [0.15, 0.2) is 11.8 Å². The van der Waals surface area contributed by atoms with Gasteiger partial charge in [-0.25, -0.2) is 4.99 Å². The topological polar surface area (TPSA) is 67.6 Å². The average Bonchev–Trinajstić information content (AvgIpc) is 3.05. The van der Waals surface area contributed by atoms with Crippen LogP contribution in [-0.4, -0.2) is 59.0 Å². The summed E-state index contributed by atoms with van der Waals surface area (Å²) in [4.78, 5) is 6.93. The van der Waals surface area contributed by atoms with E-state index in [9.17, 15) is 0 Å². The van der Waals surface area contributed by atoms with Gasteiger partial charge >= 0.3 is 0 Å². The highest BCUT2D eigenvalue weighted by Crippen LogP contribution is 2.18. The van der Waals surface area contributed by atoms with E-state index in [1.807, 2.05) is 4.57 Å². The van der Waals surface area contributed by atoms with Gasteiger partial charge in [0.1, 0.15) is 12.9 Å². The molecule has 1 aromatic rings. The van der Waals surface area contributed by atoms with Crippen molar-refractivity contribution in [1.82, 2.24) is 25.0 Å². The third-order valence-electron chi connectivity index (χ3n) is 4.32. The fourth-order valence-corrected chi connectivity index (χ4v) is 2.80. The van der Waals surface area contributed by atoms with Crippen LogP contribution in [0.15, 0.2) is 11.3 Å². The first kappa shape index (κ1) is 21.1. The molecule has 0 aromatic carbocycles. The molecule has 0 amide bonds. The number of aromatic nitrogens is 3. The number of ether oxygens (including phenoxy) is 1. The summed E-state index contributed by atoms with van der Waals surface area (Å²) in [5.74, 6) is 2.61. The van der Waals surface area contributed by atoms with Crippen molar-refractivity contribution >= 4 is 29.9 Å². The van der Waals surface area contributed by atoms with E-state index in [4.69, 9.17) is 9.73 Å². The second-order valence-electron chi connectivity index (χ2n) is 5.97. The number of guanidine groups is 1. The van der Waals surface area contributed by atoms with Crippen molar-refractivity contribution < 1.29 is 4.74 Å². The lowest BCUT2D eigenvalue weighted by Crippen LogP contribution is -2.40. The highest BCUT2D eigenvalue weighted by molar-refractivity contribution is 14.0. The zero-order valence-electron chi connectivity index (χ0n) is 15.1. The highest BCUT2D eigenvalue weighted by Gasteiger charge is 2.15. The van der Waals surface area contributed by atoms with Gasteiger partial charge in [-0.2, -0.15) is 0 Å². The molecule has 1 aliphatic heterocycles. The largest absolute Gasteiger partial charge is 0.381 e. The quantitative estimate of drug-likeness (QED) is 0.392. The van der Waals surface area contributed by atoms with Crippen molar-refractivity contribution in [3.8, 4) is 0 Å². The van der Waals surface area contributed by atoms with Crippen molar-refractivity contribution in [2.75, 3.05) is 33.4 Å². The van der Waals surface area contributed by atoms with Crippen LogP contribution in [0, 0.1) is 5.92 Å². The number of nitrogens with one attached hydrogen (secondary N) is 1. The molecule has 1 fully saturated rings. The molecule has 1 saturated heterocycles. The average molecular weight is 450 g/mol. The summed E-state index contributed by atoms with van der Waals surface area (Å²) in [6.07, 6.45) is 5.31. The van der Waals surface area contributed by atoms with Crippen LogP contribution in [0.4, 0.5) is 0 Å². The lowest BCUT2D eigenvalue weighted by molar-refractivity contribution is 0.0625. The molecule has 2 rings (SSSR count). The summed E-state index contributed by atoms with van der Waals surface area (Å²) >= 11 is 0. The summed E-state index contributed by atoms with van der Waals surface area (Å²) in [6.45, 7) is 9.30. The second-order valence-corrected chi connectivity index (χ2v) is 5.97. The highest BCUT2D eigenvalue weighted by atomic mass is 127. The van der Waals surface area contributed by atoms with Crippen LogP contribution >= 0.6 is 24.0 Å². The van der Waals surface area contributed by atoms with Crippen molar-refractivity contribution in [2.45, 2.75) is 46.2 Å². The molecule has 0 atom stereocenters. The van der Waals surface area contributed by atoms with E-state index < -0.39 is 0 Å². The fourth-order valence-electron chi connectivity index (χ4n) is 2.80. The summed E-state index contributed by atoms with van der Waals surface area (Å²) in [6, 6.07) is 0. The Morgan fingerprint density at radius 3 is 2.83 bits per heavy atom. The molecule has 138 valence electrons. The maximum atomic E-state index is 5.43. The number of halogens is 1. The van der Waals surface area contributed by atoms with Gasteiger partial charge in [-0.3, -0.25) is 0 Å². The van der Waals surface area contributed by atoms with E-state index in [1.165, 1.54) is 19.3 Å². The number of aliphatic imine (C=N–C) groups is 1. The Labute approximate surface area is 162 Å². The van der Waals surface area contributed by atoms with Gasteiger partial charge in [0.2, 0.25) is 0 Å². The van der Waals surface area contributed by atoms with Gasteiger partial charge in [0.25, 0.3) is 0 Å². The molecule has 8 heteroatoms. The molecule has 0 bridgehead atoms. The minimum atomic E-state index is 0. The maximum Gasteiger partial charge on any atom is 0.194 e. The molecule has 1 aromatic heterocycles. The number of rotatable bonds is 7. The number of nitrogens with zero attached hydrogens (tertiary/aromatic N) is 5. The molecule has 0 radical (unpaired) electrons. The van der Waals surface area contributed by atoms with Crippen LogP contribution in [0.3, 0.4) is 0 Å². The second kappa shape index (κ2) is 11.6. The van der Waals surface area contributed by atoms with Crippen molar-refractivity contribution in [3.05, 3.63) is 12.2 Å². The molecule has 2 heterocycles. The molecule has 7 nitrogen and oxygen atoms in total. The van der Waals surface area contributed by atoms with Crippen molar-refractivity contribution in [3.63, 3.8) is 0 Å². The smallest absolute Gasteiger partial charge is 0.194 e. The summed E-state index contributed by atoms with van der Waals surface area (Å²) in [5.41, 5.74) is 0. The monoisotopic (exact) mass is 450 g/mol. The Balaban J connectivity index is 0.00000288. The fraction of sp³-hybridized carbons (Fsp3) is 0.812. The van der Waals surface area contributed by atoms with E-state index in [0.29, 0.717) is 6.54 Å². The van der Waals surface area contributed by atoms with Crippen molar-refractivity contribution in [1.29, 1.82) is 0 Å². The first-order chi connectivity index (χ1) is 11.2. The zero-order valence-corrected chi connectivity index (χ0v) is 17.4. The third-order valence-corrected chi connectivity index (χ3v) is 4.32. The van der Waals surface area contributed by atoms with Crippen LogP contribution in [0.2, 0.25) is 0 Å². The Bertz CT molecular complexity index is 487. The van der Waals surface area contributed by atoms with E-state index in [1.54, 1.807) is 6.33 Å². The van der Waals surface area contributed by atoms with Gasteiger partial charge in [0.05, 0.1) is 0 Å². The molecule has 0 unspecified atom stereocenters. The Morgan fingerprint density at radius 1 is 1.42 bits per heavy atom. The molecule has 1 N–H and O–H groups in total. The van der Waals surface area contributed by atoms with Crippen LogP contribution in [-0.2, 0) is 17.8 Å². The first-order valence-corrected chi connectivity index (χ1v) is 8.68. The molecule has 1 aliphatic rings. The third kappa shape index (κ3) is 6.54. The first-order valence-electron chi connectivity index (χ1n) is 8.68.